The summed E-state index contributed by atoms with van der Waals surface area (Å²) < 4.78 is 0. The summed E-state index contributed by atoms with van der Waals surface area (Å²) >= 11 is 0. The molecule has 1 aliphatic rings. The average molecular weight is 264 g/mol. The van der Waals surface area contributed by atoms with Gasteiger partial charge >= 0.3 is 0 Å². The molecule has 0 saturated carbocycles. The van der Waals surface area contributed by atoms with Crippen molar-refractivity contribution in [2.24, 2.45) is 0 Å². The Morgan fingerprint density at radius 2 is 2.32 bits per heavy atom. The number of nitrogens with one attached hydrogen (secondary N) is 1. The molecule has 3 N–H and O–H groups in total. The zero-order valence-electron chi connectivity index (χ0n) is 10.6. The number of hydrogen-bond donors (Lipinski definition) is 2. The maximum Gasteiger partial charge on any atom is 0.292 e. The van der Waals surface area contributed by atoms with Gasteiger partial charge in [-0.25, -0.2) is 0 Å². The molecule has 0 aliphatic carbocycles. The highest BCUT2D eigenvalue weighted by Crippen LogP contribution is 2.28. The third-order valence-corrected chi connectivity index (χ3v) is 3.17. The van der Waals surface area contributed by atoms with E-state index < -0.39 is 4.92 Å². The van der Waals surface area contributed by atoms with E-state index in [0.29, 0.717) is 6.54 Å². The third-order valence-electron chi connectivity index (χ3n) is 3.17. The minimum Gasteiger partial charge on any atom is -0.393 e. The zero-order valence-corrected chi connectivity index (χ0v) is 10.6. The molecule has 1 saturated heterocycles. The molecule has 1 unspecified atom stereocenters. The van der Waals surface area contributed by atoms with Gasteiger partial charge in [-0.2, -0.15) is 0 Å². The maximum atomic E-state index is 11.0. The van der Waals surface area contributed by atoms with E-state index in [-0.39, 0.29) is 23.3 Å². The standard InChI is InChI=1S/C12H16N4O3/c1-8(17)14-9-4-5-15(7-9)10-2-3-12(16(18)19)11(13)6-10/h2-3,6,9H,4-5,7,13H2,1H3,(H,14,17). The Balaban J connectivity index is 2.09. The van der Waals surface area contributed by atoms with E-state index in [1.54, 1.807) is 12.1 Å². The molecule has 1 heterocycles. The summed E-state index contributed by atoms with van der Waals surface area (Å²) in [5.74, 6) is -0.0462. The Hall–Kier alpha value is -2.31. The van der Waals surface area contributed by atoms with Crippen LogP contribution in [0.25, 0.3) is 0 Å². The molecule has 102 valence electrons. The first-order valence-corrected chi connectivity index (χ1v) is 6.03. The molecular weight excluding hydrogens is 248 g/mol. The van der Waals surface area contributed by atoms with Crippen molar-refractivity contribution in [3.8, 4) is 0 Å². The largest absolute Gasteiger partial charge is 0.393 e. The lowest BCUT2D eigenvalue weighted by Gasteiger charge is -2.19. The van der Waals surface area contributed by atoms with Crippen LogP contribution in [-0.4, -0.2) is 30.0 Å². The molecule has 0 spiro atoms. The van der Waals surface area contributed by atoms with Crippen molar-refractivity contribution >= 4 is 23.0 Å². The summed E-state index contributed by atoms with van der Waals surface area (Å²) in [6, 6.07) is 4.82. The van der Waals surface area contributed by atoms with Crippen molar-refractivity contribution in [1.82, 2.24) is 5.32 Å². The van der Waals surface area contributed by atoms with Crippen molar-refractivity contribution < 1.29 is 9.72 Å². The molecule has 19 heavy (non-hydrogen) atoms. The number of nitrogens with zero attached hydrogens (tertiary/aromatic N) is 2. The Bertz CT molecular complexity index is 518. The second-order valence-corrected chi connectivity index (χ2v) is 4.63. The molecule has 1 aromatic rings. The summed E-state index contributed by atoms with van der Waals surface area (Å²) in [5, 5.41) is 13.6. The van der Waals surface area contributed by atoms with Gasteiger partial charge in [-0.1, -0.05) is 0 Å². The smallest absolute Gasteiger partial charge is 0.292 e. The molecule has 1 aliphatic heterocycles. The number of nitro groups is 1. The lowest BCUT2D eigenvalue weighted by Crippen LogP contribution is -2.35. The summed E-state index contributed by atoms with van der Waals surface area (Å²) in [6.45, 7) is 2.98. The second kappa shape index (κ2) is 5.13. The Morgan fingerprint density at radius 3 is 2.89 bits per heavy atom. The quantitative estimate of drug-likeness (QED) is 0.479. The van der Waals surface area contributed by atoms with Crippen LogP contribution in [0.4, 0.5) is 17.1 Å². The SMILES string of the molecule is CC(=O)NC1CCN(c2ccc([N+](=O)[O-])c(N)c2)C1. The van der Waals surface area contributed by atoms with Crippen molar-refractivity contribution in [2.45, 2.75) is 19.4 Å². The van der Waals surface area contributed by atoms with E-state index in [9.17, 15) is 14.9 Å². The van der Waals surface area contributed by atoms with Gasteiger partial charge in [0.2, 0.25) is 5.91 Å². The lowest BCUT2D eigenvalue weighted by atomic mass is 10.2. The number of carbonyl (C=O) groups excluding carboxylic acids is 1. The van der Waals surface area contributed by atoms with Crippen LogP contribution < -0.4 is 16.0 Å². The van der Waals surface area contributed by atoms with Gasteiger partial charge < -0.3 is 16.0 Å². The fourth-order valence-corrected chi connectivity index (χ4v) is 2.30. The van der Waals surface area contributed by atoms with Gasteiger partial charge in [-0.05, 0) is 18.6 Å². The first-order valence-electron chi connectivity index (χ1n) is 6.03. The molecule has 7 heteroatoms. The Labute approximate surface area is 110 Å². The molecule has 2 rings (SSSR count). The van der Waals surface area contributed by atoms with E-state index >= 15 is 0 Å². The van der Waals surface area contributed by atoms with Gasteiger partial charge in [0.25, 0.3) is 5.69 Å². The summed E-state index contributed by atoms with van der Waals surface area (Å²) in [4.78, 5) is 23.2. The number of nitrogen functional groups attached to an aromatic ring is 1. The van der Waals surface area contributed by atoms with Crippen molar-refractivity contribution in [3.05, 3.63) is 28.3 Å². The minimum absolute atomic E-state index is 0.0462. The van der Waals surface area contributed by atoms with Gasteiger partial charge in [-0.3, -0.25) is 14.9 Å². The number of anilines is 2. The van der Waals surface area contributed by atoms with Crippen molar-refractivity contribution in [1.29, 1.82) is 0 Å². The Kier molecular flexibility index (Phi) is 3.55. The highest BCUT2D eigenvalue weighted by molar-refractivity contribution is 5.73. The van der Waals surface area contributed by atoms with Crippen LogP contribution in [-0.2, 0) is 4.79 Å². The van der Waals surface area contributed by atoms with Crippen molar-refractivity contribution in [3.63, 3.8) is 0 Å². The lowest BCUT2D eigenvalue weighted by molar-refractivity contribution is -0.383. The molecule has 7 nitrogen and oxygen atoms in total. The first kappa shape index (κ1) is 13.1. The van der Waals surface area contributed by atoms with E-state index in [4.69, 9.17) is 5.73 Å². The average Bonchev–Trinajstić information content (AvgIpc) is 2.75. The molecule has 0 bridgehead atoms. The maximum absolute atomic E-state index is 11.0. The molecule has 1 atom stereocenters. The molecule has 1 amide bonds. The van der Waals surface area contributed by atoms with Gasteiger partial charge in [0.1, 0.15) is 5.69 Å². The van der Waals surface area contributed by atoms with Crippen LogP contribution in [0, 0.1) is 10.1 Å². The topological polar surface area (TPSA) is 102 Å². The number of rotatable bonds is 3. The highest BCUT2D eigenvalue weighted by atomic mass is 16.6. The van der Waals surface area contributed by atoms with E-state index in [2.05, 4.69) is 10.2 Å². The fourth-order valence-electron chi connectivity index (χ4n) is 2.30. The number of hydrogen-bond acceptors (Lipinski definition) is 5. The van der Waals surface area contributed by atoms with Crippen LogP contribution >= 0.6 is 0 Å². The molecule has 0 aromatic heterocycles. The Morgan fingerprint density at radius 1 is 1.58 bits per heavy atom. The number of carbonyl (C=O) groups is 1. The summed E-state index contributed by atoms with van der Waals surface area (Å²) in [5.41, 5.74) is 6.59. The monoisotopic (exact) mass is 264 g/mol. The molecule has 1 fully saturated rings. The molecular formula is C12H16N4O3. The minimum atomic E-state index is -0.497. The fraction of sp³-hybridized carbons (Fsp3) is 0.417. The van der Waals surface area contributed by atoms with Gasteiger partial charge in [0.15, 0.2) is 0 Å². The number of nitrogens with two attached hydrogens (primary N) is 1. The van der Waals surface area contributed by atoms with Crippen LogP contribution in [0.3, 0.4) is 0 Å². The predicted molar refractivity (Wildman–Crippen MR) is 71.9 cm³/mol. The number of amides is 1. The molecule has 0 radical (unpaired) electrons. The van der Waals surface area contributed by atoms with Crippen LogP contribution in [0.1, 0.15) is 13.3 Å². The second-order valence-electron chi connectivity index (χ2n) is 4.63. The first-order chi connectivity index (χ1) is 8.97. The van der Waals surface area contributed by atoms with E-state index in [0.717, 1.165) is 18.7 Å². The van der Waals surface area contributed by atoms with E-state index in [1.165, 1.54) is 13.0 Å². The van der Waals surface area contributed by atoms with Gasteiger partial charge in [-0.15, -0.1) is 0 Å². The normalized spacial score (nSPS) is 18.4. The summed E-state index contributed by atoms with van der Waals surface area (Å²) in [6.07, 6.45) is 0.858. The van der Waals surface area contributed by atoms with Gasteiger partial charge in [0.05, 0.1) is 4.92 Å². The van der Waals surface area contributed by atoms with Crippen LogP contribution in [0.2, 0.25) is 0 Å². The molecule has 1 aromatic carbocycles. The van der Waals surface area contributed by atoms with E-state index in [1.807, 2.05) is 0 Å². The number of benzene rings is 1. The number of nitro benzene ring substituents is 1. The summed E-state index contributed by atoms with van der Waals surface area (Å²) in [7, 11) is 0. The van der Waals surface area contributed by atoms with Crippen LogP contribution in [0.5, 0.6) is 0 Å². The third kappa shape index (κ3) is 2.93. The zero-order chi connectivity index (χ0) is 14.0. The van der Waals surface area contributed by atoms with Crippen molar-refractivity contribution in [2.75, 3.05) is 23.7 Å². The van der Waals surface area contributed by atoms with Crippen LogP contribution in [0.15, 0.2) is 18.2 Å². The predicted octanol–water partition coefficient (Wildman–Crippen LogP) is 0.892. The van der Waals surface area contributed by atoms with Gasteiger partial charge in [0, 0.05) is 37.8 Å². The highest BCUT2D eigenvalue weighted by Gasteiger charge is 2.24.